The number of hydrogen-bond acceptors (Lipinski definition) is 6. The molecule has 0 fully saturated rings. The van der Waals surface area contributed by atoms with Gasteiger partial charge in [-0.15, -0.1) is 10.2 Å². The maximum Gasteiger partial charge on any atom is 0.229 e. The second kappa shape index (κ2) is 5.41. The van der Waals surface area contributed by atoms with E-state index in [1.165, 1.54) is 12.1 Å². The van der Waals surface area contributed by atoms with E-state index in [0.29, 0.717) is 16.9 Å². The molecule has 1 N–H and O–H groups in total. The largest absolute Gasteiger partial charge is 0.284 e. The lowest BCUT2D eigenvalue weighted by atomic mass is 10.1. The summed E-state index contributed by atoms with van der Waals surface area (Å²) in [7, 11) is -6.77. The summed E-state index contributed by atoms with van der Waals surface area (Å²) in [6.07, 6.45) is 2.10. The van der Waals surface area contributed by atoms with E-state index in [0.717, 1.165) is 12.5 Å². The van der Waals surface area contributed by atoms with Crippen LogP contribution in [-0.2, 0) is 19.9 Å². The summed E-state index contributed by atoms with van der Waals surface area (Å²) in [5.74, 6) is 0. The number of nitrogens with one attached hydrogen (secondary N) is 1. The predicted molar refractivity (Wildman–Crippen MR) is 79.0 cm³/mol. The van der Waals surface area contributed by atoms with Crippen LogP contribution < -0.4 is 4.72 Å². The number of hydrogen-bond donors (Lipinski definition) is 1. The molecule has 2 aromatic rings. The third kappa shape index (κ3) is 4.23. The minimum atomic E-state index is -3.40. The molecule has 0 radical (unpaired) electrons. The fraction of sp³-hybridized carbons (Fsp3) is 0.167. The molecule has 1 aromatic heterocycles. The zero-order chi connectivity index (χ0) is 15.7. The lowest BCUT2D eigenvalue weighted by molar-refractivity contribution is 0.596. The Labute approximate surface area is 123 Å². The Kier molecular flexibility index (Phi) is 3.97. The number of sulfone groups is 1. The highest BCUT2D eigenvalue weighted by Crippen LogP contribution is 2.21. The Hall–Kier alpha value is -2.00. The zero-order valence-electron chi connectivity index (χ0n) is 11.3. The maximum atomic E-state index is 11.3. The van der Waals surface area contributed by atoms with E-state index in [1.807, 2.05) is 0 Å². The molecule has 112 valence electrons. The normalized spacial score (nSPS) is 12.1. The first-order chi connectivity index (χ1) is 9.65. The standard InChI is InChI=1S/C12H13N3O4S2/c1-20(16,17)12-7-6-11(13-14-12)9-4-3-5-10(8-9)15-21(2,18)19/h3-8,15H,1-2H3. The van der Waals surface area contributed by atoms with Crippen LogP contribution >= 0.6 is 0 Å². The van der Waals surface area contributed by atoms with E-state index in [2.05, 4.69) is 14.9 Å². The number of aromatic nitrogens is 2. The molecule has 1 heterocycles. The molecule has 2 rings (SSSR count). The Morgan fingerprint density at radius 2 is 1.67 bits per heavy atom. The molecule has 0 unspecified atom stereocenters. The second-order valence-corrected chi connectivity index (χ2v) is 8.20. The molecule has 0 aliphatic carbocycles. The summed E-state index contributed by atoms with van der Waals surface area (Å²) < 4.78 is 47.4. The van der Waals surface area contributed by atoms with Crippen LogP contribution in [0.15, 0.2) is 41.4 Å². The summed E-state index contributed by atoms with van der Waals surface area (Å²) in [5.41, 5.74) is 1.46. The summed E-state index contributed by atoms with van der Waals surface area (Å²) in [4.78, 5) is 0. The van der Waals surface area contributed by atoms with Crippen LogP contribution in [0.2, 0.25) is 0 Å². The van der Waals surface area contributed by atoms with Crippen LogP contribution in [0.1, 0.15) is 0 Å². The predicted octanol–water partition coefficient (Wildman–Crippen LogP) is 0.919. The summed E-state index contributed by atoms with van der Waals surface area (Å²) in [6.45, 7) is 0. The van der Waals surface area contributed by atoms with Crippen LogP contribution in [0, 0.1) is 0 Å². The molecule has 0 saturated heterocycles. The van der Waals surface area contributed by atoms with Crippen molar-refractivity contribution >= 4 is 25.5 Å². The monoisotopic (exact) mass is 327 g/mol. The highest BCUT2D eigenvalue weighted by Gasteiger charge is 2.10. The Morgan fingerprint density at radius 3 is 2.19 bits per heavy atom. The third-order valence-electron chi connectivity index (χ3n) is 2.48. The molecule has 0 spiro atoms. The SMILES string of the molecule is CS(=O)(=O)Nc1cccc(-c2ccc(S(C)(=O)=O)nn2)c1. The molecule has 7 nitrogen and oxygen atoms in total. The van der Waals surface area contributed by atoms with Gasteiger partial charge < -0.3 is 0 Å². The van der Waals surface area contributed by atoms with Crippen LogP contribution in [0.25, 0.3) is 11.3 Å². The molecule has 0 aliphatic rings. The summed E-state index contributed by atoms with van der Waals surface area (Å²) in [6, 6.07) is 9.44. The zero-order valence-corrected chi connectivity index (χ0v) is 12.9. The molecule has 9 heteroatoms. The topological polar surface area (TPSA) is 106 Å². The van der Waals surface area contributed by atoms with Crippen molar-refractivity contribution in [3.8, 4) is 11.3 Å². The third-order valence-corrected chi connectivity index (χ3v) is 4.07. The molecular weight excluding hydrogens is 314 g/mol. The number of anilines is 1. The van der Waals surface area contributed by atoms with E-state index in [4.69, 9.17) is 0 Å². The van der Waals surface area contributed by atoms with Crippen molar-refractivity contribution in [2.75, 3.05) is 17.2 Å². The van der Waals surface area contributed by atoms with Crippen molar-refractivity contribution in [1.82, 2.24) is 10.2 Å². The van der Waals surface area contributed by atoms with Crippen molar-refractivity contribution in [2.45, 2.75) is 5.03 Å². The second-order valence-electron chi connectivity index (χ2n) is 4.48. The first-order valence-electron chi connectivity index (χ1n) is 5.77. The van der Waals surface area contributed by atoms with Gasteiger partial charge in [0.15, 0.2) is 14.9 Å². The van der Waals surface area contributed by atoms with Crippen molar-refractivity contribution in [2.24, 2.45) is 0 Å². The highest BCUT2D eigenvalue weighted by molar-refractivity contribution is 7.92. The van der Waals surface area contributed by atoms with E-state index in [9.17, 15) is 16.8 Å². The van der Waals surface area contributed by atoms with Gasteiger partial charge in [0.1, 0.15) is 0 Å². The van der Waals surface area contributed by atoms with Crippen molar-refractivity contribution in [3.05, 3.63) is 36.4 Å². The van der Waals surface area contributed by atoms with E-state index in [1.54, 1.807) is 24.3 Å². The van der Waals surface area contributed by atoms with E-state index < -0.39 is 19.9 Å². The minimum Gasteiger partial charge on any atom is -0.284 e. The maximum absolute atomic E-state index is 11.3. The van der Waals surface area contributed by atoms with Gasteiger partial charge in [0.05, 0.1) is 11.9 Å². The number of rotatable bonds is 4. The van der Waals surface area contributed by atoms with Gasteiger partial charge in [-0.3, -0.25) is 4.72 Å². The van der Waals surface area contributed by atoms with Crippen LogP contribution in [0.3, 0.4) is 0 Å². The highest BCUT2D eigenvalue weighted by atomic mass is 32.2. The van der Waals surface area contributed by atoms with Crippen molar-refractivity contribution in [3.63, 3.8) is 0 Å². The smallest absolute Gasteiger partial charge is 0.229 e. The Balaban J connectivity index is 2.37. The van der Waals surface area contributed by atoms with Gasteiger partial charge in [-0.2, -0.15) is 0 Å². The summed E-state index contributed by atoms with van der Waals surface area (Å²) in [5, 5.41) is 7.39. The van der Waals surface area contributed by atoms with E-state index >= 15 is 0 Å². The van der Waals surface area contributed by atoms with Gasteiger partial charge >= 0.3 is 0 Å². The molecular formula is C12H13N3O4S2. The average Bonchev–Trinajstić information content (AvgIpc) is 2.36. The number of benzene rings is 1. The molecule has 0 saturated carbocycles. The van der Waals surface area contributed by atoms with Crippen molar-refractivity contribution in [1.29, 1.82) is 0 Å². The molecule has 0 bridgehead atoms. The quantitative estimate of drug-likeness (QED) is 0.895. The van der Waals surface area contributed by atoms with Gasteiger partial charge in [0.25, 0.3) is 0 Å². The average molecular weight is 327 g/mol. The van der Waals surface area contributed by atoms with Gasteiger partial charge in [0.2, 0.25) is 10.0 Å². The van der Waals surface area contributed by atoms with Gasteiger partial charge in [0, 0.05) is 17.5 Å². The molecule has 1 aromatic carbocycles. The van der Waals surface area contributed by atoms with Gasteiger partial charge in [-0.25, -0.2) is 16.8 Å². The fourth-order valence-electron chi connectivity index (χ4n) is 1.63. The van der Waals surface area contributed by atoms with Crippen LogP contribution in [0.4, 0.5) is 5.69 Å². The number of sulfonamides is 1. The Morgan fingerprint density at radius 1 is 0.952 bits per heavy atom. The van der Waals surface area contributed by atoms with E-state index in [-0.39, 0.29) is 5.03 Å². The van der Waals surface area contributed by atoms with Gasteiger partial charge in [-0.1, -0.05) is 12.1 Å². The summed E-state index contributed by atoms with van der Waals surface area (Å²) >= 11 is 0. The molecule has 21 heavy (non-hydrogen) atoms. The van der Waals surface area contributed by atoms with Crippen LogP contribution in [-0.4, -0.2) is 39.5 Å². The first kappa shape index (κ1) is 15.4. The number of nitrogens with zero attached hydrogens (tertiary/aromatic N) is 2. The van der Waals surface area contributed by atoms with Gasteiger partial charge in [-0.05, 0) is 24.3 Å². The molecule has 0 aliphatic heterocycles. The Bertz CT molecular complexity index is 860. The molecule has 0 amide bonds. The molecule has 0 atom stereocenters. The lowest BCUT2D eigenvalue weighted by Gasteiger charge is -2.06. The first-order valence-corrected chi connectivity index (χ1v) is 9.55. The lowest BCUT2D eigenvalue weighted by Crippen LogP contribution is -2.09. The fourth-order valence-corrected chi connectivity index (χ4v) is 2.69. The van der Waals surface area contributed by atoms with Crippen LogP contribution in [0.5, 0.6) is 0 Å². The minimum absolute atomic E-state index is 0.114. The van der Waals surface area contributed by atoms with Crippen molar-refractivity contribution < 1.29 is 16.8 Å².